The molecular formula is C11H23N3O2S. The predicted molar refractivity (Wildman–Crippen MR) is 71.7 cm³/mol. The topological polar surface area (TPSA) is 54.3 Å². The SMILES string of the molecule is COCCN(C(=O)S)C(C)(C)N=NC(C)(C)C. The maximum absolute atomic E-state index is 11.5. The smallest absolute Gasteiger partial charge is 0.280 e. The molecule has 6 heteroatoms. The Hall–Kier alpha value is -0.620. The third-order valence-corrected chi connectivity index (χ3v) is 2.25. The van der Waals surface area contributed by atoms with E-state index in [-0.39, 0.29) is 10.8 Å². The minimum Gasteiger partial charge on any atom is -0.383 e. The highest BCUT2D eigenvalue weighted by Crippen LogP contribution is 2.21. The maximum Gasteiger partial charge on any atom is 0.280 e. The van der Waals surface area contributed by atoms with Crippen LogP contribution < -0.4 is 0 Å². The van der Waals surface area contributed by atoms with E-state index in [0.29, 0.717) is 13.2 Å². The van der Waals surface area contributed by atoms with E-state index < -0.39 is 5.66 Å². The molecule has 17 heavy (non-hydrogen) atoms. The molecule has 0 bridgehead atoms. The van der Waals surface area contributed by atoms with E-state index in [0.717, 1.165) is 0 Å². The van der Waals surface area contributed by atoms with E-state index in [1.54, 1.807) is 7.11 Å². The summed E-state index contributed by atoms with van der Waals surface area (Å²) in [6.45, 7) is 10.4. The molecule has 5 nitrogen and oxygen atoms in total. The largest absolute Gasteiger partial charge is 0.383 e. The lowest BCUT2D eigenvalue weighted by Gasteiger charge is -2.33. The second kappa shape index (κ2) is 6.35. The third-order valence-electron chi connectivity index (χ3n) is 2.01. The Balaban J connectivity index is 4.83. The molecule has 0 atom stereocenters. The molecule has 0 fully saturated rings. The van der Waals surface area contributed by atoms with Gasteiger partial charge in [0.15, 0.2) is 0 Å². The molecule has 0 aromatic rings. The molecule has 100 valence electrons. The molecule has 0 aliphatic heterocycles. The van der Waals surface area contributed by atoms with Crippen molar-refractivity contribution in [2.45, 2.75) is 45.8 Å². The Morgan fingerprint density at radius 3 is 2.12 bits per heavy atom. The van der Waals surface area contributed by atoms with Gasteiger partial charge >= 0.3 is 0 Å². The Morgan fingerprint density at radius 2 is 1.76 bits per heavy atom. The summed E-state index contributed by atoms with van der Waals surface area (Å²) < 4.78 is 4.96. The van der Waals surface area contributed by atoms with Crippen LogP contribution in [0.2, 0.25) is 0 Å². The van der Waals surface area contributed by atoms with Crippen molar-refractivity contribution in [1.82, 2.24) is 4.90 Å². The van der Waals surface area contributed by atoms with Gasteiger partial charge in [0, 0.05) is 13.7 Å². The van der Waals surface area contributed by atoms with E-state index in [2.05, 4.69) is 22.9 Å². The molecule has 0 saturated heterocycles. The number of ether oxygens (including phenoxy) is 1. The van der Waals surface area contributed by atoms with Gasteiger partial charge in [-0.25, -0.2) is 0 Å². The lowest BCUT2D eigenvalue weighted by atomic mass is 10.1. The van der Waals surface area contributed by atoms with E-state index in [4.69, 9.17) is 4.74 Å². The molecule has 0 radical (unpaired) electrons. The molecule has 0 aromatic heterocycles. The third kappa shape index (κ3) is 6.63. The van der Waals surface area contributed by atoms with Crippen LogP contribution in [0.15, 0.2) is 10.2 Å². The quantitative estimate of drug-likeness (QED) is 0.611. The van der Waals surface area contributed by atoms with Gasteiger partial charge < -0.3 is 9.64 Å². The van der Waals surface area contributed by atoms with Crippen LogP contribution in [-0.4, -0.2) is 41.6 Å². The number of methoxy groups -OCH3 is 1. The van der Waals surface area contributed by atoms with Gasteiger partial charge in [0.1, 0.15) is 5.66 Å². The van der Waals surface area contributed by atoms with E-state index in [1.807, 2.05) is 34.6 Å². The van der Waals surface area contributed by atoms with Crippen LogP contribution >= 0.6 is 12.6 Å². The normalized spacial score (nSPS) is 13.1. The van der Waals surface area contributed by atoms with Crippen LogP contribution in [0.1, 0.15) is 34.6 Å². The van der Waals surface area contributed by atoms with Gasteiger partial charge in [-0.1, -0.05) is 12.6 Å². The number of hydrogen-bond acceptors (Lipinski definition) is 4. The first-order valence-electron chi connectivity index (χ1n) is 5.54. The molecule has 1 amide bonds. The Labute approximate surface area is 109 Å². The summed E-state index contributed by atoms with van der Waals surface area (Å²) >= 11 is 3.85. The van der Waals surface area contributed by atoms with Crippen LogP contribution in [0, 0.1) is 0 Å². The second-order valence-corrected chi connectivity index (χ2v) is 5.67. The minimum absolute atomic E-state index is 0.260. The molecule has 0 N–H and O–H groups in total. The van der Waals surface area contributed by atoms with Crippen molar-refractivity contribution >= 4 is 17.9 Å². The van der Waals surface area contributed by atoms with Crippen molar-refractivity contribution < 1.29 is 9.53 Å². The molecule has 0 rings (SSSR count). The zero-order chi connectivity index (χ0) is 13.7. The fourth-order valence-electron chi connectivity index (χ4n) is 1.11. The van der Waals surface area contributed by atoms with Gasteiger partial charge in [0.05, 0.1) is 12.1 Å². The van der Waals surface area contributed by atoms with Crippen LogP contribution in [0.25, 0.3) is 0 Å². The summed E-state index contributed by atoms with van der Waals surface area (Å²) in [5, 5.41) is 8.09. The van der Waals surface area contributed by atoms with Gasteiger partial charge in [0.2, 0.25) is 0 Å². The Kier molecular flexibility index (Phi) is 6.12. The van der Waals surface area contributed by atoms with Crippen molar-refractivity contribution in [1.29, 1.82) is 0 Å². The average Bonchev–Trinajstić information content (AvgIpc) is 2.14. The van der Waals surface area contributed by atoms with Crippen LogP contribution in [0.3, 0.4) is 0 Å². The zero-order valence-corrected chi connectivity index (χ0v) is 12.4. The maximum atomic E-state index is 11.5. The number of carbonyl (C=O) groups excluding carboxylic acids is 1. The molecule has 0 saturated carbocycles. The van der Waals surface area contributed by atoms with Crippen molar-refractivity contribution in [3.63, 3.8) is 0 Å². The van der Waals surface area contributed by atoms with Crippen LogP contribution in [0.5, 0.6) is 0 Å². The summed E-state index contributed by atoms with van der Waals surface area (Å²) in [6, 6.07) is 0. The van der Waals surface area contributed by atoms with Crippen LogP contribution in [0.4, 0.5) is 4.79 Å². The Bertz CT molecular complexity index is 285. The molecule has 0 aromatic carbocycles. The fourth-order valence-corrected chi connectivity index (χ4v) is 1.46. The lowest BCUT2D eigenvalue weighted by molar-refractivity contribution is 0.110. The predicted octanol–water partition coefficient (Wildman–Crippen LogP) is 2.97. The molecule has 0 aliphatic rings. The molecule has 0 aliphatic carbocycles. The number of carbonyl (C=O) groups is 1. The number of nitrogens with zero attached hydrogens (tertiary/aromatic N) is 3. The van der Waals surface area contributed by atoms with E-state index in [1.165, 1.54) is 4.90 Å². The summed E-state index contributed by atoms with van der Waals surface area (Å²) in [6.07, 6.45) is 0. The van der Waals surface area contributed by atoms with E-state index in [9.17, 15) is 4.79 Å². The number of amides is 1. The summed E-state index contributed by atoms with van der Waals surface area (Å²) in [7, 11) is 1.59. The Morgan fingerprint density at radius 1 is 1.24 bits per heavy atom. The van der Waals surface area contributed by atoms with Crippen LogP contribution in [-0.2, 0) is 4.74 Å². The lowest BCUT2D eigenvalue weighted by Crippen LogP contribution is -2.45. The highest BCUT2D eigenvalue weighted by Gasteiger charge is 2.29. The summed E-state index contributed by atoms with van der Waals surface area (Å²) in [5.41, 5.74) is -0.978. The van der Waals surface area contributed by atoms with Gasteiger partial charge in [-0.15, -0.1) is 0 Å². The monoisotopic (exact) mass is 261 g/mol. The first kappa shape index (κ1) is 16.4. The van der Waals surface area contributed by atoms with Gasteiger partial charge in [0.25, 0.3) is 5.24 Å². The van der Waals surface area contributed by atoms with E-state index >= 15 is 0 Å². The first-order valence-corrected chi connectivity index (χ1v) is 5.98. The molecule has 0 heterocycles. The zero-order valence-electron chi connectivity index (χ0n) is 11.5. The van der Waals surface area contributed by atoms with Crippen molar-refractivity contribution in [3.8, 4) is 0 Å². The highest BCUT2D eigenvalue weighted by molar-refractivity contribution is 7.96. The van der Waals surface area contributed by atoms with Gasteiger partial charge in [-0.2, -0.15) is 10.2 Å². The second-order valence-electron chi connectivity index (χ2n) is 5.29. The number of thiol groups is 1. The number of rotatable bonds is 5. The molecule has 0 unspecified atom stereocenters. The standard InChI is InChI=1S/C11H23N3O2S/c1-10(2,3)12-13-11(4,5)14(9(15)17)7-8-16-6/h7-8H2,1-6H3,(H,15,17). The summed E-state index contributed by atoms with van der Waals surface area (Å²) in [5.74, 6) is 0. The van der Waals surface area contributed by atoms with Crippen molar-refractivity contribution in [2.75, 3.05) is 20.3 Å². The highest BCUT2D eigenvalue weighted by atomic mass is 32.1. The average molecular weight is 261 g/mol. The first-order chi connectivity index (χ1) is 7.60. The van der Waals surface area contributed by atoms with Gasteiger partial charge in [-0.05, 0) is 34.6 Å². The van der Waals surface area contributed by atoms with Crippen molar-refractivity contribution in [3.05, 3.63) is 0 Å². The molecule has 0 spiro atoms. The number of azo groups is 1. The summed E-state index contributed by atoms with van der Waals surface area (Å²) in [4.78, 5) is 13.0. The minimum atomic E-state index is -0.718. The van der Waals surface area contributed by atoms with Crippen molar-refractivity contribution in [2.24, 2.45) is 10.2 Å². The fraction of sp³-hybridized carbons (Fsp3) is 0.909. The molecular weight excluding hydrogens is 238 g/mol. The number of hydrogen-bond donors (Lipinski definition) is 1. The van der Waals surface area contributed by atoms with Gasteiger partial charge in [-0.3, -0.25) is 4.79 Å².